The number of aromatic amines is 1. The van der Waals surface area contributed by atoms with Crippen molar-refractivity contribution in [3.05, 3.63) is 85.8 Å². The Morgan fingerprint density at radius 3 is 1.97 bits per heavy atom. The molecule has 30 heavy (non-hydrogen) atoms. The molecule has 11 nitrogen and oxygen atoms in total. The number of H-pyrrole nitrogens is 1. The van der Waals surface area contributed by atoms with Crippen molar-refractivity contribution >= 4 is 11.6 Å². The summed E-state index contributed by atoms with van der Waals surface area (Å²) in [5.74, 6) is 0. The molecule has 0 unspecified atom stereocenters. The molecule has 0 radical (unpaired) electrons. The van der Waals surface area contributed by atoms with Crippen LogP contribution in [0.1, 0.15) is 0 Å². The van der Waals surface area contributed by atoms with Crippen molar-refractivity contribution < 1.29 is 0 Å². The van der Waals surface area contributed by atoms with E-state index < -0.39 is 5.69 Å². The Bertz CT molecular complexity index is 1300. The molecule has 152 valence electrons. The number of halogens is 1. The Morgan fingerprint density at radius 1 is 0.833 bits per heavy atom. The van der Waals surface area contributed by atoms with E-state index in [-0.39, 0.29) is 16.4 Å². The van der Waals surface area contributed by atoms with Crippen molar-refractivity contribution in [2.24, 2.45) is 14.1 Å². The van der Waals surface area contributed by atoms with Gasteiger partial charge in [-0.2, -0.15) is 0 Å². The highest BCUT2D eigenvalue weighted by atomic mass is 35.5. The summed E-state index contributed by atoms with van der Waals surface area (Å²) in [6, 6.07) is 5.99. The highest BCUT2D eigenvalue weighted by molar-refractivity contribution is 6.28. The van der Waals surface area contributed by atoms with Gasteiger partial charge in [0.15, 0.2) is 0 Å². The summed E-state index contributed by atoms with van der Waals surface area (Å²) in [6.45, 7) is 0. The van der Waals surface area contributed by atoms with Crippen molar-refractivity contribution in [3.63, 3.8) is 0 Å². The third-order valence-corrected chi connectivity index (χ3v) is 4.27. The maximum Gasteiger partial charge on any atom is 0.328 e. The van der Waals surface area contributed by atoms with E-state index in [1.165, 1.54) is 42.6 Å². The third kappa shape index (κ3) is 4.70. The van der Waals surface area contributed by atoms with E-state index in [1.807, 2.05) is 0 Å². The average Bonchev–Trinajstić information content (AvgIpc) is 2.77. The highest BCUT2D eigenvalue weighted by Gasteiger charge is 2.06. The standard InChI is InChI=1S/C9H7ClN4O.C9H8N4O2/c1-14-8(15)4-7(13-9(14)10)6-2-3-11-5-12-6;1-13-8(14)4-7(12-9(13)15)6-2-3-10-5-11-6/h2-5H,1H3;2-5H,1H3,(H,12,15). The lowest BCUT2D eigenvalue weighted by Crippen LogP contribution is -2.32. The first kappa shape index (κ1) is 20.7. The average molecular weight is 427 g/mol. The number of nitrogens with zero attached hydrogens (tertiary/aromatic N) is 7. The van der Waals surface area contributed by atoms with Gasteiger partial charge in [-0.05, 0) is 23.7 Å². The summed E-state index contributed by atoms with van der Waals surface area (Å²) in [6.07, 6.45) is 5.86. The van der Waals surface area contributed by atoms with Crippen LogP contribution in [-0.2, 0) is 14.1 Å². The first-order valence-electron chi connectivity index (χ1n) is 8.43. The molecule has 0 aromatic carbocycles. The Kier molecular flexibility index (Phi) is 6.23. The van der Waals surface area contributed by atoms with E-state index in [2.05, 4.69) is 29.9 Å². The predicted octanol–water partition coefficient (Wildman–Crippen LogP) is 0.421. The van der Waals surface area contributed by atoms with Crippen molar-refractivity contribution in [1.82, 2.24) is 39.0 Å². The normalized spacial score (nSPS) is 10.2. The van der Waals surface area contributed by atoms with Crippen LogP contribution in [0.4, 0.5) is 0 Å². The molecule has 1 N–H and O–H groups in total. The van der Waals surface area contributed by atoms with Crippen molar-refractivity contribution in [2.45, 2.75) is 0 Å². The van der Waals surface area contributed by atoms with Crippen LogP contribution in [0.2, 0.25) is 5.28 Å². The smallest absolute Gasteiger partial charge is 0.305 e. The van der Waals surface area contributed by atoms with E-state index in [0.717, 1.165) is 4.57 Å². The molecular weight excluding hydrogens is 412 g/mol. The lowest BCUT2D eigenvalue weighted by atomic mass is 10.3. The van der Waals surface area contributed by atoms with Crippen LogP contribution in [0.3, 0.4) is 0 Å². The van der Waals surface area contributed by atoms with Gasteiger partial charge < -0.3 is 4.98 Å². The van der Waals surface area contributed by atoms with E-state index in [4.69, 9.17) is 11.6 Å². The van der Waals surface area contributed by atoms with Crippen LogP contribution < -0.4 is 16.8 Å². The number of rotatable bonds is 2. The number of aromatic nitrogens is 8. The predicted molar refractivity (Wildman–Crippen MR) is 109 cm³/mol. The van der Waals surface area contributed by atoms with Gasteiger partial charge in [-0.25, -0.2) is 29.7 Å². The van der Waals surface area contributed by atoms with Gasteiger partial charge in [-0.1, -0.05) is 0 Å². The topological polar surface area (TPSA) is 141 Å². The van der Waals surface area contributed by atoms with Gasteiger partial charge in [-0.3, -0.25) is 18.7 Å². The molecule has 0 bridgehead atoms. The Balaban J connectivity index is 0.000000171. The summed E-state index contributed by atoms with van der Waals surface area (Å²) < 4.78 is 2.25. The Morgan fingerprint density at radius 2 is 1.43 bits per heavy atom. The first-order chi connectivity index (χ1) is 14.4. The second kappa shape index (κ2) is 9.01. The van der Waals surface area contributed by atoms with Crippen LogP contribution in [0.15, 0.2) is 63.7 Å². The molecule has 0 amide bonds. The lowest BCUT2D eigenvalue weighted by molar-refractivity contribution is 0.777. The Hall–Kier alpha value is -3.99. The zero-order valence-corrected chi connectivity index (χ0v) is 16.6. The molecule has 0 aliphatic carbocycles. The fourth-order valence-electron chi connectivity index (χ4n) is 2.23. The van der Waals surface area contributed by atoms with Crippen LogP contribution >= 0.6 is 11.6 Å². The monoisotopic (exact) mass is 426 g/mol. The van der Waals surface area contributed by atoms with E-state index >= 15 is 0 Å². The fraction of sp³-hybridized carbons (Fsp3) is 0.111. The van der Waals surface area contributed by atoms with Gasteiger partial charge in [0.1, 0.15) is 12.7 Å². The van der Waals surface area contributed by atoms with Crippen LogP contribution in [0, 0.1) is 0 Å². The molecule has 4 rings (SSSR count). The molecule has 4 heterocycles. The number of hydrogen-bond acceptors (Lipinski definition) is 8. The number of nitrogens with one attached hydrogen (secondary N) is 1. The number of hydrogen-bond donors (Lipinski definition) is 1. The third-order valence-electron chi connectivity index (χ3n) is 3.93. The van der Waals surface area contributed by atoms with Gasteiger partial charge in [-0.15, -0.1) is 0 Å². The SMILES string of the molecule is Cn1c(=O)cc(-c2ccncn2)[nH]c1=O.Cn1c(Cl)nc(-c2ccncn2)cc1=O. The van der Waals surface area contributed by atoms with Crippen LogP contribution in [0.5, 0.6) is 0 Å². The fourth-order valence-corrected chi connectivity index (χ4v) is 2.40. The highest BCUT2D eigenvalue weighted by Crippen LogP contribution is 2.12. The molecule has 0 aliphatic rings. The second-order valence-corrected chi connectivity index (χ2v) is 6.22. The summed E-state index contributed by atoms with van der Waals surface area (Å²) in [5.41, 5.74) is 0.882. The summed E-state index contributed by atoms with van der Waals surface area (Å²) in [5, 5.41) is 0.135. The van der Waals surface area contributed by atoms with Crippen molar-refractivity contribution in [3.8, 4) is 22.8 Å². The zero-order valence-electron chi connectivity index (χ0n) is 15.9. The molecule has 0 atom stereocenters. The minimum Gasteiger partial charge on any atom is -0.305 e. The van der Waals surface area contributed by atoms with Gasteiger partial charge in [0.25, 0.3) is 11.1 Å². The van der Waals surface area contributed by atoms with E-state index in [9.17, 15) is 14.4 Å². The van der Waals surface area contributed by atoms with E-state index in [0.29, 0.717) is 22.8 Å². The van der Waals surface area contributed by atoms with Crippen LogP contribution in [0.25, 0.3) is 22.8 Å². The summed E-state index contributed by atoms with van der Waals surface area (Å²) in [7, 11) is 2.96. The zero-order chi connectivity index (χ0) is 21.7. The minimum atomic E-state index is -0.462. The molecule has 0 aliphatic heterocycles. The maximum atomic E-state index is 11.4. The van der Waals surface area contributed by atoms with Crippen molar-refractivity contribution in [1.29, 1.82) is 0 Å². The molecule has 0 spiro atoms. The van der Waals surface area contributed by atoms with E-state index in [1.54, 1.807) is 25.4 Å². The van der Waals surface area contributed by atoms with Crippen LogP contribution in [-0.4, -0.2) is 39.0 Å². The van der Waals surface area contributed by atoms with Gasteiger partial charge in [0, 0.05) is 38.6 Å². The summed E-state index contributed by atoms with van der Waals surface area (Å²) in [4.78, 5) is 56.1. The molecule has 4 aromatic heterocycles. The van der Waals surface area contributed by atoms with Gasteiger partial charge in [0.05, 0.1) is 22.8 Å². The van der Waals surface area contributed by atoms with Gasteiger partial charge in [0.2, 0.25) is 5.28 Å². The minimum absolute atomic E-state index is 0.135. The van der Waals surface area contributed by atoms with Crippen molar-refractivity contribution in [2.75, 3.05) is 0 Å². The summed E-state index contributed by atoms with van der Waals surface area (Å²) >= 11 is 5.78. The molecule has 0 saturated carbocycles. The lowest BCUT2D eigenvalue weighted by Gasteiger charge is -2.02. The molecular formula is C18H15ClN8O3. The van der Waals surface area contributed by atoms with Gasteiger partial charge >= 0.3 is 5.69 Å². The first-order valence-corrected chi connectivity index (χ1v) is 8.81. The Labute approximate surface area is 173 Å². The molecule has 0 saturated heterocycles. The maximum absolute atomic E-state index is 11.4. The molecule has 12 heteroatoms. The molecule has 4 aromatic rings. The molecule has 0 fully saturated rings. The quantitative estimate of drug-likeness (QED) is 0.454. The second-order valence-electron chi connectivity index (χ2n) is 5.88. The largest absolute Gasteiger partial charge is 0.328 e.